The topological polar surface area (TPSA) is 83.2 Å². The molecule has 3 rings (SSSR count). The van der Waals surface area contributed by atoms with Gasteiger partial charge in [0.05, 0.1) is 7.11 Å². The molecule has 8 heteroatoms. The molecule has 2 unspecified atom stereocenters. The molecular weight excluding hydrogens is 361 g/mol. The van der Waals surface area contributed by atoms with Crippen molar-refractivity contribution in [3.05, 3.63) is 35.8 Å². The third kappa shape index (κ3) is 4.16. The third-order valence-corrected chi connectivity index (χ3v) is 4.89. The van der Waals surface area contributed by atoms with Crippen LogP contribution >= 0.6 is 12.4 Å². The number of esters is 1. The van der Waals surface area contributed by atoms with Gasteiger partial charge in [0.15, 0.2) is 0 Å². The first kappa shape index (κ1) is 20.2. The van der Waals surface area contributed by atoms with E-state index in [2.05, 4.69) is 15.6 Å². The Balaban J connectivity index is 0.00000243. The van der Waals surface area contributed by atoms with Gasteiger partial charge in [0.2, 0.25) is 5.91 Å². The number of amides is 1. The number of carbonyl (C=O) groups excluding carboxylic acids is 2. The van der Waals surface area contributed by atoms with Crippen molar-refractivity contribution in [2.75, 3.05) is 20.2 Å². The van der Waals surface area contributed by atoms with Crippen LogP contribution < -0.4 is 10.6 Å². The van der Waals surface area contributed by atoms with Crippen LogP contribution in [0, 0.1) is 17.7 Å². The molecular formula is C18H23ClFN3O3. The molecule has 2 aromatic rings. The molecule has 0 bridgehead atoms. The summed E-state index contributed by atoms with van der Waals surface area (Å²) in [6.45, 7) is 3.49. The van der Waals surface area contributed by atoms with Crippen molar-refractivity contribution < 1.29 is 18.7 Å². The molecule has 1 saturated heterocycles. The van der Waals surface area contributed by atoms with Crippen LogP contribution in [-0.2, 0) is 20.7 Å². The Kier molecular flexibility index (Phi) is 6.61. The number of halogens is 2. The maximum Gasteiger partial charge on any atom is 0.328 e. The lowest BCUT2D eigenvalue weighted by atomic mass is 9.88. The predicted octanol–water partition coefficient (Wildman–Crippen LogP) is 1.78. The van der Waals surface area contributed by atoms with E-state index in [9.17, 15) is 14.0 Å². The van der Waals surface area contributed by atoms with Crippen molar-refractivity contribution >= 4 is 35.2 Å². The minimum absolute atomic E-state index is 0. The first-order valence-corrected chi connectivity index (χ1v) is 8.34. The van der Waals surface area contributed by atoms with Gasteiger partial charge in [0.25, 0.3) is 0 Å². The lowest BCUT2D eigenvalue weighted by Gasteiger charge is -2.32. The van der Waals surface area contributed by atoms with Crippen molar-refractivity contribution in [2.45, 2.75) is 19.4 Å². The molecule has 2 heterocycles. The average Bonchev–Trinajstić information content (AvgIpc) is 2.93. The lowest BCUT2D eigenvalue weighted by molar-refractivity contribution is -0.145. The summed E-state index contributed by atoms with van der Waals surface area (Å²) in [5.74, 6) is -0.877. The molecule has 1 amide bonds. The SMILES string of the molecule is COC(=O)C(Cc1c[nH]c2cc(F)ccc12)NC(=O)C(C)C1CNC1.Cl. The molecule has 0 saturated carbocycles. The number of nitrogens with one attached hydrogen (secondary N) is 3. The fourth-order valence-corrected chi connectivity index (χ4v) is 3.06. The number of benzene rings is 1. The van der Waals surface area contributed by atoms with Gasteiger partial charge in [-0.2, -0.15) is 0 Å². The minimum atomic E-state index is -0.781. The highest BCUT2D eigenvalue weighted by Crippen LogP contribution is 2.21. The Morgan fingerprint density at radius 3 is 2.73 bits per heavy atom. The second-order valence-electron chi connectivity index (χ2n) is 6.50. The van der Waals surface area contributed by atoms with Gasteiger partial charge in [0, 0.05) is 29.4 Å². The monoisotopic (exact) mass is 383 g/mol. The maximum absolute atomic E-state index is 13.3. The van der Waals surface area contributed by atoms with Gasteiger partial charge in [-0.15, -0.1) is 12.4 Å². The molecule has 1 aromatic heterocycles. The van der Waals surface area contributed by atoms with Crippen molar-refractivity contribution in [2.24, 2.45) is 11.8 Å². The average molecular weight is 384 g/mol. The number of fused-ring (bicyclic) bond motifs is 1. The normalized spacial score (nSPS) is 16.3. The summed E-state index contributed by atoms with van der Waals surface area (Å²) in [4.78, 5) is 27.6. The smallest absolute Gasteiger partial charge is 0.328 e. The highest BCUT2D eigenvalue weighted by Gasteiger charge is 2.31. The molecule has 26 heavy (non-hydrogen) atoms. The highest BCUT2D eigenvalue weighted by molar-refractivity contribution is 5.88. The molecule has 1 aromatic carbocycles. The highest BCUT2D eigenvalue weighted by atomic mass is 35.5. The zero-order valence-corrected chi connectivity index (χ0v) is 15.5. The number of ether oxygens (including phenoxy) is 1. The molecule has 1 fully saturated rings. The summed E-state index contributed by atoms with van der Waals surface area (Å²) in [6, 6.07) is 3.65. The van der Waals surface area contributed by atoms with Gasteiger partial charge < -0.3 is 20.4 Å². The fraction of sp³-hybridized carbons (Fsp3) is 0.444. The molecule has 1 aliphatic heterocycles. The van der Waals surface area contributed by atoms with Crippen LogP contribution in [-0.4, -0.2) is 43.1 Å². The summed E-state index contributed by atoms with van der Waals surface area (Å²) in [6.07, 6.45) is 2.01. The van der Waals surface area contributed by atoms with Gasteiger partial charge in [0.1, 0.15) is 11.9 Å². The Bertz CT molecular complexity index is 791. The number of H-pyrrole nitrogens is 1. The zero-order chi connectivity index (χ0) is 18.0. The summed E-state index contributed by atoms with van der Waals surface area (Å²) in [5, 5.41) is 6.76. The number of hydrogen-bond acceptors (Lipinski definition) is 4. The first-order chi connectivity index (χ1) is 12.0. The standard InChI is InChI=1S/C18H22FN3O3.ClH/c1-10(12-7-20-8-12)17(23)22-16(18(24)25-2)5-11-9-21-15-6-13(19)3-4-14(11)15;/h3-4,6,9-10,12,16,20-21H,5,7-8H2,1-2H3,(H,22,23);1H. The molecule has 1 aliphatic rings. The number of hydrogen-bond donors (Lipinski definition) is 3. The van der Waals surface area contributed by atoms with Crippen molar-refractivity contribution in [3.63, 3.8) is 0 Å². The van der Waals surface area contributed by atoms with Crippen molar-refractivity contribution in [3.8, 4) is 0 Å². The molecule has 142 valence electrons. The summed E-state index contributed by atoms with van der Waals surface area (Å²) >= 11 is 0. The van der Waals surface area contributed by atoms with Crippen molar-refractivity contribution in [1.82, 2.24) is 15.6 Å². The van der Waals surface area contributed by atoms with Gasteiger partial charge in [-0.1, -0.05) is 6.92 Å². The number of rotatable bonds is 6. The fourth-order valence-electron chi connectivity index (χ4n) is 3.06. The molecule has 6 nitrogen and oxygen atoms in total. The van der Waals surface area contributed by atoms with E-state index >= 15 is 0 Å². The quantitative estimate of drug-likeness (QED) is 0.664. The van der Waals surface area contributed by atoms with Gasteiger partial charge in [-0.25, -0.2) is 9.18 Å². The lowest BCUT2D eigenvalue weighted by Crippen LogP contribution is -2.52. The Morgan fingerprint density at radius 1 is 1.38 bits per heavy atom. The van der Waals surface area contributed by atoms with Gasteiger partial charge in [-0.3, -0.25) is 4.79 Å². The van der Waals surface area contributed by atoms with E-state index < -0.39 is 12.0 Å². The number of methoxy groups -OCH3 is 1. The Hall–Kier alpha value is -2.12. The number of carbonyl (C=O) groups is 2. The van der Waals surface area contributed by atoms with Crippen LogP contribution in [0.25, 0.3) is 10.9 Å². The largest absolute Gasteiger partial charge is 0.467 e. The van der Waals surface area contributed by atoms with E-state index in [1.54, 1.807) is 12.3 Å². The number of aromatic nitrogens is 1. The van der Waals surface area contributed by atoms with E-state index in [-0.39, 0.29) is 42.4 Å². The first-order valence-electron chi connectivity index (χ1n) is 8.34. The van der Waals surface area contributed by atoms with Crippen LogP contribution in [0.2, 0.25) is 0 Å². The van der Waals surface area contributed by atoms with Crippen LogP contribution in [0.4, 0.5) is 4.39 Å². The van der Waals surface area contributed by atoms with Crippen molar-refractivity contribution in [1.29, 1.82) is 0 Å². The molecule has 2 atom stereocenters. The predicted molar refractivity (Wildman–Crippen MR) is 98.7 cm³/mol. The van der Waals surface area contributed by atoms with Crippen LogP contribution in [0.5, 0.6) is 0 Å². The van der Waals surface area contributed by atoms with Crippen LogP contribution in [0.15, 0.2) is 24.4 Å². The second kappa shape index (κ2) is 8.51. The second-order valence-corrected chi connectivity index (χ2v) is 6.50. The summed E-state index contributed by atoms with van der Waals surface area (Å²) < 4.78 is 18.1. The molecule has 0 spiro atoms. The van der Waals surface area contributed by atoms with E-state index in [0.29, 0.717) is 5.52 Å². The van der Waals surface area contributed by atoms with E-state index in [0.717, 1.165) is 24.0 Å². The Morgan fingerprint density at radius 2 is 2.12 bits per heavy atom. The molecule has 0 radical (unpaired) electrons. The van der Waals surface area contributed by atoms with E-state index in [1.165, 1.54) is 19.2 Å². The molecule has 0 aliphatic carbocycles. The van der Waals surface area contributed by atoms with Gasteiger partial charge >= 0.3 is 5.97 Å². The summed E-state index contributed by atoms with van der Waals surface area (Å²) in [7, 11) is 1.30. The van der Waals surface area contributed by atoms with Crippen LogP contribution in [0.1, 0.15) is 12.5 Å². The van der Waals surface area contributed by atoms with Crippen LogP contribution in [0.3, 0.4) is 0 Å². The van der Waals surface area contributed by atoms with E-state index in [1.807, 2.05) is 6.92 Å². The maximum atomic E-state index is 13.3. The summed E-state index contributed by atoms with van der Waals surface area (Å²) in [5.41, 5.74) is 1.47. The van der Waals surface area contributed by atoms with Gasteiger partial charge in [-0.05, 0) is 42.8 Å². The third-order valence-electron chi connectivity index (χ3n) is 4.89. The van der Waals surface area contributed by atoms with E-state index in [4.69, 9.17) is 4.74 Å². The minimum Gasteiger partial charge on any atom is -0.467 e. The Labute approximate surface area is 157 Å². The number of aromatic amines is 1. The molecule has 3 N–H and O–H groups in total. The zero-order valence-electron chi connectivity index (χ0n) is 14.7.